The van der Waals surface area contributed by atoms with Crippen LogP contribution in [0.3, 0.4) is 0 Å². The fraction of sp³-hybridized carbons (Fsp3) is 0.346. The predicted molar refractivity (Wildman–Crippen MR) is 125 cm³/mol. The van der Waals surface area contributed by atoms with Crippen molar-refractivity contribution in [2.75, 3.05) is 20.7 Å². The minimum Gasteiger partial charge on any atom is -0.496 e. The molecule has 1 saturated carbocycles. The summed E-state index contributed by atoms with van der Waals surface area (Å²) in [6.45, 7) is 0.651. The number of benzene rings is 2. The van der Waals surface area contributed by atoms with Gasteiger partial charge in [0.1, 0.15) is 5.75 Å². The molecule has 0 spiro atoms. The molecule has 0 radical (unpaired) electrons. The third-order valence-electron chi connectivity index (χ3n) is 6.38. The lowest BCUT2D eigenvalue weighted by molar-refractivity contribution is 0.0937. The highest BCUT2D eigenvalue weighted by Gasteiger charge is 2.25. The summed E-state index contributed by atoms with van der Waals surface area (Å²) >= 11 is 0. The average Bonchev–Trinajstić information content (AvgIpc) is 2.86. The maximum Gasteiger partial charge on any atom is 0.255 e. The summed E-state index contributed by atoms with van der Waals surface area (Å²) in [5.41, 5.74) is 3.08. The van der Waals surface area contributed by atoms with Gasteiger partial charge in [0.05, 0.1) is 23.8 Å². The van der Waals surface area contributed by atoms with E-state index in [-0.39, 0.29) is 11.8 Å². The molecule has 2 aromatic carbocycles. The summed E-state index contributed by atoms with van der Waals surface area (Å²) in [6, 6.07) is 17.0. The standard InChI is InChI=1S/C26H29N3O3/c1-27-25(30)21-15-23(29-22-9-5-3-7-19(21)22)18-13-11-17(12-14-18)16-28-26(31)20-8-4-6-10-24(20)32-2/h3-10,15,17-18H,11-14,16H2,1-2H3,(H,27,30)(H,28,31). The Morgan fingerprint density at radius 1 is 0.969 bits per heavy atom. The zero-order chi connectivity index (χ0) is 22.5. The molecule has 0 saturated heterocycles. The van der Waals surface area contributed by atoms with Crippen molar-refractivity contribution in [1.82, 2.24) is 15.6 Å². The van der Waals surface area contributed by atoms with E-state index in [2.05, 4.69) is 10.6 Å². The number of hydrogen-bond acceptors (Lipinski definition) is 4. The second-order valence-corrected chi connectivity index (χ2v) is 8.32. The summed E-state index contributed by atoms with van der Waals surface area (Å²) in [4.78, 5) is 29.9. The van der Waals surface area contributed by atoms with Crippen LogP contribution in [-0.2, 0) is 0 Å². The van der Waals surface area contributed by atoms with Gasteiger partial charge in [-0.2, -0.15) is 0 Å². The smallest absolute Gasteiger partial charge is 0.255 e. The normalized spacial score (nSPS) is 18.2. The predicted octanol–water partition coefficient (Wildman–Crippen LogP) is 4.31. The van der Waals surface area contributed by atoms with E-state index in [9.17, 15) is 9.59 Å². The van der Waals surface area contributed by atoms with E-state index in [0.717, 1.165) is 42.3 Å². The van der Waals surface area contributed by atoms with Crippen LogP contribution in [-0.4, -0.2) is 37.5 Å². The third kappa shape index (κ3) is 4.59. The molecule has 6 nitrogen and oxygen atoms in total. The Hall–Kier alpha value is -3.41. The van der Waals surface area contributed by atoms with Crippen molar-refractivity contribution in [3.8, 4) is 5.75 Å². The Morgan fingerprint density at radius 2 is 1.69 bits per heavy atom. The topological polar surface area (TPSA) is 80.3 Å². The zero-order valence-electron chi connectivity index (χ0n) is 18.6. The number of para-hydroxylation sites is 2. The van der Waals surface area contributed by atoms with Gasteiger partial charge in [0.15, 0.2) is 0 Å². The van der Waals surface area contributed by atoms with Crippen LogP contribution in [0.1, 0.15) is 58.0 Å². The molecule has 2 N–H and O–H groups in total. The lowest BCUT2D eigenvalue weighted by atomic mass is 9.80. The van der Waals surface area contributed by atoms with E-state index in [1.165, 1.54) is 0 Å². The molecule has 0 unspecified atom stereocenters. The van der Waals surface area contributed by atoms with Gasteiger partial charge in [-0.25, -0.2) is 0 Å². The van der Waals surface area contributed by atoms with Gasteiger partial charge in [-0.15, -0.1) is 0 Å². The van der Waals surface area contributed by atoms with Crippen molar-refractivity contribution in [3.05, 3.63) is 71.4 Å². The molecule has 166 valence electrons. The molecule has 1 heterocycles. The van der Waals surface area contributed by atoms with Crippen molar-refractivity contribution < 1.29 is 14.3 Å². The minimum absolute atomic E-state index is 0.0856. The number of nitrogens with zero attached hydrogens (tertiary/aromatic N) is 1. The van der Waals surface area contributed by atoms with Crippen LogP contribution in [0.15, 0.2) is 54.6 Å². The number of ether oxygens (including phenoxy) is 1. The summed E-state index contributed by atoms with van der Waals surface area (Å²) in [5, 5.41) is 6.69. The van der Waals surface area contributed by atoms with Gasteiger partial charge in [-0.05, 0) is 55.9 Å². The van der Waals surface area contributed by atoms with Crippen molar-refractivity contribution >= 4 is 22.7 Å². The van der Waals surface area contributed by atoms with Crippen LogP contribution in [0.4, 0.5) is 0 Å². The van der Waals surface area contributed by atoms with Gasteiger partial charge < -0.3 is 15.4 Å². The van der Waals surface area contributed by atoms with Crippen LogP contribution in [0.5, 0.6) is 5.75 Å². The Bertz CT molecular complexity index is 1120. The van der Waals surface area contributed by atoms with Crippen LogP contribution < -0.4 is 15.4 Å². The van der Waals surface area contributed by atoms with Gasteiger partial charge >= 0.3 is 0 Å². The van der Waals surface area contributed by atoms with Gasteiger partial charge in [-0.1, -0.05) is 30.3 Å². The fourth-order valence-electron chi connectivity index (χ4n) is 4.55. The molecule has 0 aliphatic heterocycles. The highest BCUT2D eigenvalue weighted by atomic mass is 16.5. The number of fused-ring (bicyclic) bond motifs is 1. The first kappa shape index (κ1) is 21.8. The Morgan fingerprint density at radius 3 is 2.44 bits per heavy atom. The molecule has 6 heteroatoms. The highest BCUT2D eigenvalue weighted by Crippen LogP contribution is 2.36. The Kier molecular flexibility index (Phi) is 6.69. The van der Waals surface area contributed by atoms with E-state index >= 15 is 0 Å². The molecule has 3 aromatic rings. The summed E-state index contributed by atoms with van der Waals surface area (Å²) in [6.07, 6.45) is 4.02. The first-order valence-corrected chi connectivity index (χ1v) is 11.1. The number of aromatic nitrogens is 1. The SMILES string of the molecule is CNC(=O)c1cc(C2CCC(CNC(=O)c3ccccc3OC)CC2)nc2ccccc12. The largest absolute Gasteiger partial charge is 0.496 e. The monoisotopic (exact) mass is 431 g/mol. The first-order valence-electron chi connectivity index (χ1n) is 11.1. The lowest BCUT2D eigenvalue weighted by Gasteiger charge is -2.28. The maximum absolute atomic E-state index is 12.6. The van der Waals surface area contributed by atoms with Crippen LogP contribution in [0.25, 0.3) is 10.9 Å². The van der Waals surface area contributed by atoms with E-state index in [4.69, 9.17) is 9.72 Å². The minimum atomic E-state index is -0.101. The quantitative estimate of drug-likeness (QED) is 0.610. The average molecular weight is 432 g/mol. The summed E-state index contributed by atoms with van der Waals surface area (Å²) in [5.74, 6) is 1.16. The van der Waals surface area contributed by atoms with E-state index in [1.54, 1.807) is 26.3 Å². The van der Waals surface area contributed by atoms with E-state index in [1.807, 2.05) is 42.5 Å². The number of hydrogen-bond donors (Lipinski definition) is 2. The number of carbonyl (C=O) groups is 2. The van der Waals surface area contributed by atoms with Crippen LogP contribution in [0, 0.1) is 5.92 Å². The first-order chi connectivity index (χ1) is 15.6. The molecule has 0 atom stereocenters. The second kappa shape index (κ2) is 9.81. The molecular weight excluding hydrogens is 402 g/mol. The van der Waals surface area contributed by atoms with Crippen molar-refractivity contribution in [3.63, 3.8) is 0 Å². The van der Waals surface area contributed by atoms with Gasteiger partial charge in [0.2, 0.25) is 0 Å². The van der Waals surface area contributed by atoms with Gasteiger partial charge in [0.25, 0.3) is 11.8 Å². The van der Waals surface area contributed by atoms with Crippen molar-refractivity contribution in [1.29, 1.82) is 0 Å². The Labute approximate surface area is 188 Å². The molecule has 0 bridgehead atoms. The fourth-order valence-corrected chi connectivity index (χ4v) is 4.55. The Balaban J connectivity index is 1.40. The number of amides is 2. The number of carbonyl (C=O) groups excluding carboxylic acids is 2. The highest BCUT2D eigenvalue weighted by molar-refractivity contribution is 6.06. The van der Waals surface area contributed by atoms with E-state index in [0.29, 0.717) is 35.3 Å². The number of nitrogens with one attached hydrogen (secondary N) is 2. The maximum atomic E-state index is 12.6. The number of pyridine rings is 1. The molecule has 1 aliphatic carbocycles. The third-order valence-corrected chi connectivity index (χ3v) is 6.38. The van der Waals surface area contributed by atoms with E-state index < -0.39 is 0 Å². The number of methoxy groups -OCH3 is 1. The lowest BCUT2D eigenvalue weighted by Crippen LogP contribution is -2.31. The van der Waals surface area contributed by atoms with Crippen molar-refractivity contribution in [2.45, 2.75) is 31.6 Å². The molecule has 32 heavy (non-hydrogen) atoms. The summed E-state index contributed by atoms with van der Waals surface area (Å²) in [7, 11) is 3.23. The molecule has 4 rings (SSSR count). The molecular formula is C26H29N3O3. The molecule has 2 amide bonds. The summed E-state index contributed by atoms with van der Waals surface area (Å²) < 4.78 is 5.29. The van der Waals surface area contributed by atoms with Gasteiger partial charge in [0, 0.05) is 30.6 Å². The van der Waals surface area contributed by atoms with Crippen molar-refractivity contribution in [2.24, 2.45) is 5.92 Å². The number of rotatable bonds is 6. The molecule has 1 aliphatic rings. The zero-order valence-corrected chi connectivity index (χ0v) is 18.6. The molecule has 1 fully saturated rings. The van der Waals surface area contributed by atoms with Crippen LogP contribution in [0.2, 0.25) is 0 Å². The second-order valence-electron chi connectivity index (χ2n) is 8.32. The van der Waals surface area contributed by atoms with Crippen LogP contribution >= 0.6 is 0 Å². The van der Waals surface area contributed by atoms with Gasteiger partial charge in [-0.3, -0.25) is 14.6 Å². The molecule has 1 aromatic heterocycles.